The lowest BCUT2D eigenvalue weighted by atomic mass is 10.2. The van der Waals surface area contributed by atoms with Crippen LogP contribution in [0, 0.1) is 11.3 Å². The Balaban J connectivity index is 2.11. The van der Waals surface area contributed by atoms with Gasteiger partial charge in [0.25, 0.3) is 0 Å². The first-order valence-corrected chi connectivity index (χ1v) is 9.15. The third-order valence-electron chi connectivity index (χ3n) is 3.25. The van der Waals surface area contributed by atoms with Crippen LogP contribution in [0.2, 0.25) is 10.0 Å². The first-order chi connectivity index (χ1) is 11.7. The lowest BCUT2D eigenvalue weighted by molar-refractivity contribution is -0.116. The van der Waals surface area contributed by atoms with Crippen molar-refractivity contribution >= 4 is 44.8 Å². The summed E-state index contributed by atoms with van der Waals surface area (Å²) in [5.74, 6) is -0.533. The van der Waals surface area contributed by atoms with E-state index in [1.165, 1.54) is 25.2 Å². The second kappa shape index (κ2) is 7.85. The van der Waals surface area contributed by atoms with E-state index >= 15 is 0 Å². The first kappa shape index (κ1) is 19.2. The van der Waals surface area contributed by atoms with Crippen molar-refractivity contribution in [3.05, 3.63) is 58.1 Å². The summed E-state index contributed by atoms with van der Waals surface area (Å²) in [6, 6.07) is 12.2. The Kier molecular flexibility index (Phi) is 6.03. The van der Waals surface area contributed by atoms with Gasteiger partial charge in [-0.3, -0.25) is 4.79 Å². The quantitative estimate of drug-likeness (QED) is 0.838. The van der Waals surface area contributed by atoms with Gasteiger partial charge in [0.15, 0.2) is 0 Å². The number of carbonyl (C=O) groups is 1. The van der Waals surface area contributed by atoms with Crippen LogP contribution < -0.4 is 5.32 Å². The summed E-state index contributed by atoms with van der Waals surface area (Å²) in [6.45, 7) is -0.412. The lowest BCUT2D eigenvalue weighted by Gasteiger charge is -2.18. The van der Waals surface area contributed by atoms with Crippen LogP contribution in [0.1, 0.15) is 5.56 Å². The summed E-state index contributed by atoms with van der Waals surface area (Å²) in [5.41, 5.74) is 0.906. The van der Waals surface area contributed by atoms with Crippen molar-refractivity contribution in [1.29, 1.82) is 5.26 Å². The predicted molar refractivity (Wildman–Crippen MR) is 96.1 cm³/mol. The second-order valence-electron chi connectivity index (χ2n) is 5.07. The zero-order chi connectivity index (χ0) is 18.6. The number of sulfonamides is 1. The van der Waals surface area contributed by atoms with E-state index in [1.54, 1.807) is 24.3 Å². The number of halogens is 2. The van der Waals surface area contributed by atoms with E-state index in [0.29, 0.717) is 11.3 Å². The molecule has 0 spiro atoms. The normalized spacial score (nSPS) is 11.2. The van der Waals surface area contributed by atoms with E-state index in [1.807, 2.05) is 6.07 Å². The van der Waals surface area contributed by atoms with Gasteiger partial charge in [0, 0.05) is 17.8 Å². The van der Waals surface area contributed by atoms with Crippen LogP contribution in [0.15, 0.2) is 47.4 Å². The van der Waals surface area contributed by atoms with E-state index in [0.717, 1.165) is 4.31 Å². The highest BCUT2D eigenvalue weighted by molar-refractivity contribution is 7.89. The first-order valence-electron chi connectivity index (χ1n) is 6.95. The Hall–Kier alpha value is -2.11. The second-order valence-corrected chi connectivity index (χ2v) is 7.93. The molecule has 1 N–H and O–H groups in total. The minimum Gasteiger partial charge on any atom is -0.325 e. The molecule has 0 unspecified atom stereocenters. The standard InChI is InChI=1S/C16H13Cl2N3O3S/c1-21(25(23,24)15-8-12(17)4-7-14(15)18)10-16(22)20-13-5-2-11(9-19)3-6-13/h2-8H,10H2,1H3,(H,20,22). The van der Waals surface area contributed by atoms with Crippen LogP contribution in [-0.2, 0) is 14.8 Å². The largest absolute Gasteiger partial charge is 0.325 e. The van der Waals surface area contributed by atoms with E-state index in [-0.39, 0.29) is 14.9 Å². The molecule has 6 nitrogen and oxygen atoms in total. The number of nitrogens with one attached hydrogen (secondary N) is 1. The van der Waals surface area contributed by atoms with E-state index in [4.69, 9.17) is 28.5 Å². The van der Waals surface area contributed by atoms with Crippen LogP contribution >= 0.6 is 23.2 Å². The van der Waals surface area contributed by atoms with Crippen LogP contribution in [0.4, 0.5) is 5.69 Å². The molecule has 2 aromatic rings. The Bertz CT molecular complexity index is 938. The summed E-state index contributed by atoms with van der Waals surface area (Å²) in [6.07, 6.45) is 0. The molecule has 1 amide bonds. The van der Waals surface area contributed by atoms with Gasteiger partial charge in [0.1, 0.15) is 4.90 Å². The summed E-state index contributed by atoms with van der Waals surface area (Å²) >= 11 is 11.7. The van der Waals surface area contributed by atoms with Gasteiger partial charge in [-0.1, -0.05) is 23.2 Å². The Morgan fingerprint density at radius 2 is 1.84 bits per heavy atom. The van der Waals surface area contributed by atoms with Gasteiger partial charge >= 0.3 is 0 Å². The molecule has 9 heteroatoms. The predicted octanol–water partition coefficient (Wildman–Crippen LogP) is 3.12. The number of carbonyl (C=O) groups excluding carboxylic acids is 1. The molecule has 0 atom stereocenters. The average molecular weight is 398 g/mol. The van der Waals surface area contributed by atoms with Crippen LogP contribution in [-0.4, -0.2) is 32.2 Å². The van der Waals surface area contributed by atoms with Crippen molar-refractivity contribution in [2.24, 2.45) is 0 Å². The minimum absolute atomic E-state index is 0.0174. The van der Waals surface area contributed by atoms with Crippen molar-refractivity contribution in [3.8, 4) is 6.07 Å². The molecular formula is C16H13Cl2N3O3S. The number of nitrogens with zero attached hydrogens (tertiary/aromatic N) is 2. The maximum atomic E-state index is 12.5. The molecule has 2 aromatic carbocycles. The van der Waals surface area contributed by atoms with Gasteiger partial charge in [-0.25, -0.2) is 8.42 Å². The number of hydrogen-bond acceptors (Lipinski definition) is 4. The number of nitriles is 1. The van der Waals surface area contributed by atoms with Crippen molar-refractivity contribution in [3.63, 3.8) is 0 Å². The molecule has 0 heterocycles. The summed E-state index contributed by atoms with van der Waals surface area (Å²) in [7, 11) is -2.71. The fourth-order valence-electron chi connectivity index (χ4n) is 1.96. The third-order valence-corrected chi connectivity index (χ3v) is 5.77. The van der Waals surface area contributed by atoms with Gasteiger partial charge in [0.2, 0.25) is 15.9 Å². The molecule has 25 heavy (non-hydrogen) atoms. The van der Waals surface area contributed by atoms with E-state index < -0.39 is 22.5 Å². The highest BCUT2D eigenvalue weighted by atomic mass is 35.5. The number of rotatable bonds is 5. The lowest BCUT2D eigenvalue weighted by Crippen LogP contribution is -2.35. The Labute approximate surface area is 155 Å². The summed E-state index contributed by atoms with van der Waals surface area (Å²) < 4.78 is 26.0. The molecule has 0 radical (unpaired) electrons. The topological polar surface area (TPSA) is 90.3 Å². The molecule has 0 saturated heterocycles. The highest BCUT2D eigenvalue weighted by Gasteiger charge is 2.25. The number of benzene rings is 2. The Morgan fingerprint density at radius 3 is 2.44 bits per heavy atom. The minimum atomic E-state index is -3.98. The molecule has 0 saturated carbocycles. The van der Waals surface area contributed by atoms with Gasteiger partial charge in [0.05, 0.1) is 23.2 Å². The van der Waals surface area contributed by atoms with Crippen molar-refractivity contribution in [2.75, 3.05) is 18.9 Å². The van der Waals surface area contributed by atoms with E-state index in [2.05, 4.69) is 5.32 Å². The van der Waals surface area contributed by atoms with Gasteiger partial charge in [-0.15, -0.1) is 0 Å². The number of anilines is 1. The maximum absolute atomic E-state index is 12.5. The zero-order valence-corrected chi connectivity index (χ0v) is 15.4. The van der Waals surface area contributed by atoms with Gasteiger partial charge in [-0.2, -0.15) is 9.57 Å². The molecule has 2 rings (SSSR count). The Morgan fingerprint density at radius 1 is 1.20 bits per heavy atom. The molecule has 0 aliphatic heterocycles. The van der Waals surface area contributed by atoms with E-state index in [9.17, 15) is 13.2 Å². The van der Waals surface area contributed by atoms with Crippen LogP contribution in [0.3, 0.4) is 0 Å². The molecule has 130 valence electrons. The number of likely N-dealkylation sites (N-methyl/N-ethyl adjacent to an activating group) is 1. The SMILES string of the molecule is CN(CC(=O)Nc1ccc(C#N)cc1)S(=O)(=O)c1cc(Cl)ccc1Cl. The molecule has 0 aromatic heterocycles. The third kappa shape index (κ3) is 4.71. The smallest absolute Gasteiger partial charge is 0.244 e. The monoisotopic (exact) mass is 397 g/mol. The fraction of sp³-hybridized carbons (Fsp3) is 0.125. The van der Waals surface area contributed by atoms with Crippen LogP contribution in [0.25, 0.3) is 0 Å². The number of amides is 1. The molecule has 0 aliphatic rings. The fourth-order valence-corrected chi connectivity index (χ4v) is 3.82. The maximum Gasteiger partial charge on any atom is 0.244 e. The molecular weight excluding hydrogens is 385 g/mol. The van der Waals surface area contributed by atoms with Gasteiger partial charge in [-0.05, 0) is 42.5 Å². The van der Waals surface area contributed by atoms with Crippen molar-refractivity contribution in [2.45, 2.75) is 4.90 Å². The molecule has 0 fully saturated rings. The highest BCUT2D eigenvalue weighted by Crippen LogP contribution is 2.27. The van der Waals surface area contributed by atoms with Gasteiger partial charge < -0.3 is 5.32 Å². The van der Waals surface area contributed by atoms with Crippen molar-refractivity contribution in [1.82, 2.24) is 4.31 Å². The summed E-state index contributed by atoms with van der Waals surface area (Å²) in [5, 5.41) is 11.5. The average Bonchev–Trinajstić information content (AvgIpc) is 2.57. The van der Waals surface area contributed by atoms with Crippen LogP contribution in [0.5, 0.6) is 0 Å². The van der Waals surface area contributed by atoms with Crippen molar-refractivity contribution < 1.29 is 13.2 Å². The zero-order valence-electron chi connectivity index (χ0n) is 13.0. The number of hydrogen-bond donors (Lipinski definition) is 1. The summed E-state index contributed by atoms with van der Waals surface area (Å²) in [4.78, 5) is 11.9. The molecule has 0 bridgehead atoms. The molecule has 0 aliphatic carbocycles.